The standard InChI is InChI=1S/C16H17ClN2O2/c1-10-3-4-11(8-15(10)20)16(21)19(2)9-12-7-13(18)5-6-14(12)17/h3-8,20H,9,18H2,1-2H3. The number of phenolic OH excluding ortho intramolecular Hbond substituents is 1. The van der Waals surface area contributed by atoms with E-state index in [1.807, 2.05) is 0 Å². The predicted molar refractivity (Wildman–Crippen MR) is 84.5 cm³/mol. The van der Waals surface area contributed by atoms with Crippen LogP contribution in [0, 0.1) is 6.92 Å². The lowest BCUT2D eigenvalue weighted by atomic mass is 10.1. The first-order chi connectivity index (χ1) is 9.88. The Hall–Kier alpha value is -2.20. The monoisotopic (exact) mass is 304 g/mol. The summed E-state index contributed by atoms with van der Waals surface area (Å²) in [7, 11) is 1.68. The minimum Gasteiger partial charge on any atom is -0.508 e. The number of benzene rings is 2. The fourth-order valence-electron chi connectivity index (χ4n) is 2.01. The second kappa shape index (κ2) is 6.06. The molecule has 0 fully saturated rings. The van der Waals surface area contributed by atoms with Crippen molar-refractivity contribution in [2.24, 2.45) is 0 Å². The van der Waals surface area contributed by atoms with Gasteiger partial charge in [0, 0.05) is 29.9 Å². The van der Waals surface area contributed by atoms with E-state index in [4.69, 9.17) is 17.3 Å². The van der Waals surface area contributed by atoms with Crippen molar-refractivity contribution in [1.29, 1.82) is 0 Å². The van der Waals surface area contributed by atoms with Crippen LogP contribution in [0.1, 0.15) is 21.5 Å². The lowest BCUT2D eigenvalue weighted by molar-refractivity contribution is 0.0784. The molecule has 5 heteroatoms. The summed E-state index contributed by atoms with van der Waals surface area (Å²) < 4.78 is 0. The number of carbonyl (C=O) groups excluding carboxylic acids is 1. The van der Waals surface area contributed by atoms with Crippen LogP contribution in [0.4, 0.5) is 5.69 Å². The minimum absolute atomic E-state index is 0.108. The quantitative estimate of drug-likeness (QED) is 0.856. The summed E-state index contributed by atoms with van der Waals surface area (Å²) in [6.45, 7) is 2.12. The molecular formula is C16H17ClN2O2. The fraction of sp³-hybridized carbons (Fsp3) is 0.188. The average molecular weight is 305 g/mol. The molecule has 2 aromatic rings. The Morgan fingerprint density at radius 3 is 2.67 bits per heavy atom. The number of nitrogens with two attached hydrogens (primary N) is 1. The number of rotatable bonds is 3. The van der Waals surface area contributed by atoms with Gasteiger partial charge in [0.05, 0.1) is 0 Å². The molecule has 0 saturated carbocycles. The molecule has 0 spiro atoms. The molecule has 2 aromatic carbocycles. The molecule has 4 nitrogen and oxygen atoms in total. The Morgan fingerprint density at radius 2 is 2.00 bits per heavy atom. The number of phenols is 1. The molecule has 0 aliphatic carbocycles. The lowest BCUT2D eigenvalue weighted by Crippen LogP contribution is -2.26. The number of aryl methyl sites for hydroxylation is 1. The van der Waals surface area contributed by atoms with Gasteiger partial charge in [0.2, 0.25) is 0 Å². The fourth-order valence-corrected chi connectivity index (χ4v) is 2.18. The van der Waals surface area contributed by atoms with Gasteiger partial charge in [-0.05, 0) is 48.4 Å². The van der Waals surface area contributed by atoms with Crippen LogP contribution in [0.5, 0.6) is 5.75 Å². The van der Waals surface area contributed by atoms with Crippen LogP contribution in [0.2, 0.25) is 5.02 Å². The summed E-state index contributed by atoms with van der Waals surface area (Å²) in [5.41, 5.74) is 8.27. The summed E-state index contributed by atoms with van der Waals surface area (Å²) in [4.78, 5) is 13.9. The Kier molecular flexibility index (Phi) is 4.38. The number of nitrogens with zero attached hydrogens (tertiary/aromatic N) is 1. The Balaban J connectivity index is 2.19. The maximum atomic E-state index is 12.3. The third kappa shape index (κ3) is 3.47. The van der Waals surface area contributed by atoms with Gasteiger partial charge in [-0.2, -0.15) is 0 Å². The van der Waals surface area contributed by atoms with E-state index in [0.29, 0.717) is 22.8 Å². The van der Waals surface area contributed by atoms with Crippen LogP contribution < -0.4 is 5.73 Å². The van der Waals surface area contributed by atoms with Gasteiger partial charge in [-0.15, -0.1) is 0 Å². The number of amides is 1. The van der Waals surface area contributed by atoms with Crippen molar-refractivity contribution in [1.82, 2.24) is 4.90 Å². The number of nitrogen functional groups attached to an aromatic ring is 1. The predicted octanol–water partition coefficient (Wildman–Crippen LogP) is 3.21. The summed E-state index contributed by atoms with van der Waals surface area (Å²) in [6.07, 6.45) is 0. The molecule has 21 heavy (non-hydrogen) atoms. The number of carbonyl (C=O) groups is 1. The van der Waals surface area contributed by atoms with Crippen molar-refractivity contribution >= 4 is 23.2 Å². The molecule has 3 N–H and O–H groups in total. The van der Waals surface area contributed by atoms with Crippen molar-refractivity contribution in [3.63, 3.8) is 0 Å². The molecule has 0 aromatic heterocycles. The van der Waals surface area contributed by atoms with Crippen LogP contribution in [0.15, 0.2) is 36.4 Å². The topological polar surface area (TPSA) is 66.6 Å². The zero-order valence-corrected chi connectivity index (χ0v) is 12.7. The minimum atomic E-state index is -0.191. The number of anilines is 1. The smallest absolute Gasteiger partial charge is 0.254 e. The summed E-state index contributed by atoms with van der Waals surface area (Å²) >= 11 is 6.10. The number of hydrogen-bond acceptors (Lipinski definition) is 3. The van der Waals surface area contributed by atoms with Crippen molar-refractivity contribution in [2.45, 2.75) is 13.5 Å². The SMILES string of the molecule is Cc1ccc(C(=O)N(C)Cc2cc(N)ccc2Cl)cc1O. The highest BCUT2D eigenvalue weighted by Crippen LogP contribution is 2.22. The Bertz CT molecular complexity index is 686. The second-order valence-corrected chi connectivity index (χ2v) is 5.42. The van der Waals surface area contributed by atoms with E-state index in [1.54, 1.807) is 44.3 Å². The number of aromatic hydroxyl groups is 1. The molecule has 0 radical (unpaired) electrons. The van der Waals surface area contributed by atoms with E-state index in [0.717, 1.165) is 11.1 Å². The molecule has 2 rings (SSSR count). The zero-order chi connectivity index (χ0) is 15.6. The summed E-state index contributed by atoms with van der Waals surface area (Å²) in [5.74, 6) is -0.0833. The van der Waals surface area contributed by atoms with Gasteiger partial charge in [0.25, 0.3) is 5.91 Å². The van der Waals surface area contributed by atoms with E-state index in [9.17, 15) is 9.90 Å². The molecule has 110 valence electrons. The Morgan fingerprint density at radius 1 is 1.29 bits per heavy atom. The van der Waals surface area contributed by atoms with Gasteiger partial charge in [0.15, 0.2) is 0 Å². The molecule has 0 heterocycles. The normalized spacial score (nSPS) is 10.4. The molecule has 0 atom stereocenters. The zero-order valence-electron chi connectivity index (χ0n) is 11.9. The highest BCUT2D eigenvalue weighted by atomic mass is 35.5. The van der Waals surface area contributed by atoms with E-state index in [1.165, 1.54) is 11.0 Å². The number of halogens is 1. The van der Waals surface area contributed by atoms with E-state index >= 15 is 0 Å². The molecule has 0 aliphatic rings. The van der Waals surface area contributed by atoms with E-state index < -0.39 is 0 Å². The van der Waals surface area contributed by atoms with Crippen molar-refractivity contribution in [3.8, 4) is 5.75 Å². The van der Waals surface area contributed by atoms with Crippen molar-refractivity contribution in [2.75, 3.05) is 12.8 Å². The third-order valence-electron chi connectivity index (χ3n) is 3.28. The van der Waals surface area contributed by atoms with Crippen LogP contribution in [-0.4, -0.2) is 23.0 Å². The first kappa shape index (κ1) is 15.2. The van der Waals surface area contributed by atoms with Crippen LogP contribution in [0.25, 0.3) is 0 Å². The van der Waals surface area contributed by atoms with Gasteiger partial charge in [-0.3, -0.25) is 4.79 Å². The molecule has 0 saturated heterocycles. The highest BCUT2D eigenvalue weighted by molar-refractivity contribution is 6.31. The highest BCUT2D eigenvalue weighted by Gasteiger charge is 2.14. The lowest BCUT2D eigenvalue weighted by Gasteiger charge is -2.18. The van der Waals surface area contributed by atoms with Gasteiger partial charge in [-0.25, -0.2) is 0 Å². The summed E-state index contributed by atoms with van der Waals surface area (Å²) in [5, 5.41) is 10.3. The van der Waals surface area contributed by atoms with Crippen LogP contribution in [0.3, 0.4) is 0 Å². The first-order valence-electron chi connectivity index (χ1n) is 6.47. The largest absolute Gasteiger partial charge is 0.508 e. The van der Waals surface area contributed by atoms with Crippen molar-refractivity contribution < 1.29 is 9.90 Å². The van der Waals surface area contributed by atoms with Crippen LogP contribution in [-0.2, 0) is 6.54 Å². The molecule has 0 aliphatic heterocycles. The van der Waals surface area contributed by atoms with Gasteiger partial charge < -0.3 is 15.7 Å². The molecule has 0 bridgehead atoms. The third-order valence-corrected chi connectivity index (χ3v) is 3.65. The number of hydrogen-bond donors (Lipinski definition) is 2. The maximum absolute atomic E-state index is 12.3. The Labute approximate surface area is 128 Å². The van der Waals surface area contributed by atoms with Gasteiger partial charge in [0.1, 0.15) is 5.75 Å². The molecule has 0 unspecified atom stereocenters. The average Bonchev–Trinajstić information content (AvgIpc) is 2.45. The summed E-state index contributed by atoms with van der Waals surface area (Å²) in [6, 6.07) is 10.0. The van der Waals surface area contributed by atoms with E-state index in [-0.39, 0.29) is 11.7 Å². The van der Waals surface area contributed by atoms with E-state index in [2.05, 4.69) is 0 Å². The molecule has 1 amide bonds. The maximum Gasteiger partial charge on any atom is 0.254 e. The van der Waals surface area contributed by atoms with Crippen molar-refractivity contribution in [3.05, 3.63) is 58.1 Å². The van der Waals surface area contributed by atoms with Gasteiger partial charge >= 0.3 is 0 Å². The molecular weight excluding hydrogens is 288 g/mol. The van der Waals surface area contributed by atoms with Gasteiger partial charge in [-0.1, -0.05) is 17.7 Å². The second-order valence-electron chi connectivity index (χ2n) is 5.01. The first-order valence-corrected chi connectivity index (χ1v) is 6.85. The van der Waals surface area contributed by atoms with Crippen LogP contribution >= 0.6 is 11.6 Å².